The predicted molar refractivity (Wildman–Crippen MR) is 99.1 cm³/mol. The number of benzene rings is 1. The maximum absolute atomic E-state index is 11.0. The molecule has 3 rings (SSSR count). The van der Waals surface area contributed by atoms with E-state index in [1.165, 1.54) is 12.1 Å². The van der Waals surface area contributed by atoms with Gasteiger partial charge in [0.05, 0.1) is 16.4 Å². The van der Waals surface area contributed by atoms with Crippen LogP contribution in [0, 0.1) is 15.5 Å². The van der Waals surface area contributed by atoms with E-state index in [-0.39, 0.29) is 10.7 Å². The summed E-state index contributed by atoms with van der Waals surface area (Å²) < 4.78 is 1.83. The van der Waals surface area contributed by atoms with Crippen molar-refractivity contribution in [1.29, 1.82) is 5.41 Å². The van der Waals surface area contributed by atoms with Crippen LogP contribution in [-0.2, 0) is 0 Å². The van der Waals surface area contributed by atoms with Crippen molar-refractivity contribution in [2.45, 2.75) is 24.6 Å². The van der Waals surface area contributed by atoms with Gasteiger partial charge in [-0.05, 0) is 18.4 Å². The fourth-order valence-corrected chi connectivity index (χ4v) is 3.73. The molecule has 0 saturated carbocycles. The number of nitro benzene ring substituents is 1. The first-order valence-electron chi connectivity index (χ1n) is 7.90. The van der Waals surface area contributed by atoms with Crippen molar-refractivity contribution >= 4 is 28.8 Å². The topological polar surface area (TPSA) is 103 Å². The van der Waals surface area contributed by atoms with Crippen molar-refractivity contribution in [2.75, 3.05) is 0 Å². The third kappa shape index (κ3) is 3.13. The van der Waals surface area contributed by atoms with Gasteiger partial charge in [-0.25, -0.2) is 0 Å². The Morgan fingerprint density at radius 3 is 2.46 bits per heavy atom. The summed E-state index contributed by atoms with van der Waals surface area (Å²) in [5.74, 6) is 1.89. The van der Waals surface area contributed by atoms with Gasteiger partial charge in [0.15, 0.2) is 18.1 Å². The lowest BCUT2D eigenvalue weighted by molar-refractivity contribution is -0.740. The number of rotatable bonds is 3. The minimum Gasteiger partial charge on any atom is -0.366 e. The minimum atomic E-state index is -1.39. The van der Waals surface area contributed by atoms with Gasteiger partial charge in [0.2, 0.25) is 6.04 Å². The average molecular weight is 369 g/mol. The average Bonchev–Trinajstić information content (AvgIpc) is 2.61. The Hall–Kier alpha value is -2.93. The van der Waals surface area contributed by atoms with Gasteiger partial charge >= 0.3 is 0 Å². The van der Waals surface area contributed by atoms with Crippen molar-refractivity contribution in [1.82, 2.24) is 5.32 Å². The van der Waals surface area contributed by atoms with Gasteiger partial charge < -0.3 is 10.4 Å². The highest BCUT2D eigenvalue weighted by atomic mass is 32.1. The van der Waals surface area contributed by atoms with Crippen LogP contribution in [0.1, 0.15) is 24.4 Å². The molecule has 8 heteroatoms. The molecule has 1 aliphatic heterocycles. The summed E-state index contributed by atoms with van der Waals surface area (Å²) in [6.07, 6.45) is 3.63. The van der Waals surface area contributed by atoms with E-state index in [0.29, 0.717) is 11.1 Å². The standard InChI is InChI=1S/C18H16N4O3S/c1-18(23)16(21-9-3-2-4-10-21)15(14(11-19)17(26)20-18)12-5-7-13(8-6-12)22(24)25/h2-10,15-16,19,23H,1H3/p+1/t15-,16+,18+/m0/s1. The van der Waals surface area contributed by atoms with E-state index in [1.807, 2.05) is 35.2 Å². The lowest BCUT2D eigenvalue weighted by Gasteiger charge is -2.40. The maximum atomic E-state index is 11.0. The number of pyridine rings is 1. The van der Waals surface area contributed by atoms with E-state index in [1.54, 1.807) is 19.1 Å². The Morgan fingerprint density at radius 1 is 1.31 bits per heavy atom. The van der Waals surface area contributed by atoms with Crippen molar-refractivity contribution in [3.63, 3.8) is 0 Å². The highest BCUT2D eigenvalue weighted by Crippen LogP contribution is 2.41. The number of nitro groups is 1. The zero-order valence-electron chi connectivity index (χ0n) is 13.9. The molecule has 0 aliphatic carbocycles. The molecule has 132 valence electrons. The summed E-state index contributed by atoms with van der Waals surface area (Å²) in [6.45, 7) is 1.61. The second-order valence-electron chi connectivity index (χ2n) is 6.23. The first-order valence-corrected chi connectivity index (χ1v) is 8.30. The monoisotopic (exact) mass is 369 g/mol. The third-order valence-electron chi connectivity index (χ3n) is 4.47. The van der Waals surface area contributed by atoms with Crippen LogP contribution >= 0.6 is 12.2 Å². The lowest BCUT2D eigenvalue weighted by Crippen LogP contribution is -2.65. The Bertz CT molecular complexity index is 906. The zero-order chi connectivity index (χ0) is 18.9. The molecule has 0 unspecified atom stereocenters. The maximum Gasteiger partial charge on any atom is 0.269 e. The second-order valence-corrected chi connectivity index (χ2v) is 6.64. The molecule has 0 bridgehead atoms. The van der Waals surface area contributed by atoms with Crippen LogP contribution in [-0.4, -0.2) is 26.6 Å². The van der Waals surface area contributed by atoms with Crippen molar-refractivity contribution in [2.24, 2.45) is 0 Å². The number of nitrogens with zero attached hydrogens (tertiary/aromatic N) is 2. The summed E-state index contributed by atoms with van der Waals surface area (Å²) in [5.41, 5.74) is -0.297. The number of hydrogen-bond acceptors (Lipinski definition) is 5. The van der Waals surface area contributed by atoms with Gasteiger partial charge in [-0.15, -0.1) is 0 Å². The summed E-state index contributed by atoms with van der Waals surface area (Å²) >= 11 is 5.31. The molecule has 3 N–H and O–H groups in total. The number of piperidine rings is 1. The van der Waals surface area contributed by atoms with E-state index in [9.17, 15) is 15.2 Å². The lowest BCUT2D eigenvalue weighted by atomic mass is 9.77. The van der Waals surface area contributed by atoms with E-state index in [4.69, 9.17) is 17.6 Å². The van der Waals surface area contributed by atoms with Gasteiger partial charge in [0.25, 0.3) is 5.69 Å². The Balaban J connectivity index is 2.18. The molecule has 2 heterocycles. The van der Waals surface area contributed by atoms with Crippen LogP contribution in [0.15, 0.2) is 60.4 Å². The molecular formula is C18H17N4O3S+. The molecule has 3 atom stereocenters. The highest BCUT2D eigenvalue weighted by Gasteiger charge is 2.52. The Labute approximate surface area is 155 Å². The first-order chi connectivity index (χ1) is 12.3. The fraction of sp³-hybridized carbons (Fsp3) is 0.222. The Morgan fingerprint density at radius 2 is 1.92 bits per heavy atom. The molecule has 1 fully saturated rings. The predicted octanol–water partition coefficient (Wildman–Crippen LogP) is 2.02. The minimum absolute atomic E-state index is 0.0266. The van der Waals surface area contributed by atoms with Crippen molar-refractivity contribution in [3.8, 4) is 0 Å². The summed E-state index contributed by atoms with van der Waals surface area (Å²) in [5, 5.41) is 32.5. The number of nitrogens with one attached hydrogen (secondary N) is 2. The molecule has 1 aromatic heterocycles. The van der Waals surface area contributed by atoms with Crippen LogP contribution in [0.2, 0.25) is 0 Å². The second kappa shape index (κ2) is 6.76. The van der Waals surface area contributed by atoms with Crippen molar-refractivity contribution < 1.29 is 14.6 Å². The molecule has 0 amide bonds. The molecule has 0 radical (unpaired) electrons. The van der Waals surface area contributed by atoms with Crippen LogP contribution < -0.4 is 9.88 Å². The van der Waals surface area contributed by atoms with E-state index >= 15 is 0 Å². The normalized spacial score (nSPS) is 25.3. The SMILES string of the molecule is C[C@]1(O)NC(=S)C(=C=N)[C@H](c2ccc([N+](=O)[O-])cc2)[C@H]1[n+]1ccccc1. The van der Waals surface area contributed by atoms with Gasteiger partial charge in [-0.2, -0.15) is 4.57 Å². The van der Waals surface area contributed by atoms with Gasteiger partial charge in [0, 0.05) is 24.3 Å². The summed E-state index contributed by atoms with van der Waals surface area (Å²) in [7, 11) is 0. The zero-order valence-corrected chi connectivity index (χ0v) is 14.7. The number of aromatic nitrogens is 1. The largest absolute Gasteiger partial charge is 0.366 e. The molecule has 1 aromatic carbocycles. The molecule has 1 saturated heterocycles. The highest BCUT2D eigenvalue weighted by molar-refractivity contribution is 7.80. The van der Waals surface area contributed by atoms with Crippen molar-refractivity contribution in [3.05, 3.63) is 76.1 Å². The Kier molecular flexibility index (Phi) is 4.65. The number of aliphatic hydroxyl groups is 1. The smallest absolute Gasteiger partial charge is 0.269 e. The first kappa shape index (κ1) is 17.9. The van der Waals surface area contributed by atoms with E-state index in [2.05, 4.69) is 11.2 Å². The van der Waals surface area contributed by atoms with Crippen LogP contribution in [0.3, 0.4) is 0 Å². The van der Waals surface area contributed by atoms with Crippen LogP contribution in [0.25, 0.3) is 0 Å². The van der Waals surface area contributed by atoms with Gasteiger partial charge in [-0.3, -0.25) is 15.5 Å². The molecule has 2 aromatic rings. The van der Waals surface area contributed by atoms with Gasteiger partial charge in [-0.1, -0.05) is 30.4 Å². The van der Waals surface area contributed by atoms with E-state index in [0.717, 1.165) is 0 Å². The van der Waals surface area contributed by atoms with Crippen LogP contribution in [0.4, 0.5) is 5.69 Å². The molecule has 26 heavy (non-hydrogen) atoms. The summed E-state index contributed by atoms with van der Waals surface area (Å²) in [6, 6.07) is 11.1. The quantitative estimate of drug-likeness (QED) is 0.192. The molecular weight excluding hydrogens is 352 g/mol. The fourth-order valence-electron chi connectivity index (χ4n) is 3.34. The van der Waals surface area contributed by atoms with Crippen LogP contribution in [0.5, 0.6) is 0 Å². The number of non-ortho nitro benzene ring substituents is 1. The molecule has 1 aliphatic rings. The number of thiocarbonyl (C=S) groups is 1. The molecule has 0 spiro atoms. The third-order valence-corrected chi connectivity index (χ3v) is 4.79. The summed E-state index contributed by atoms with van der Waals surface area (Å²) in [4.78, 5) is 10.7. The number of hydrogen-bond donors (Lipinski definition) is 3. The molecule has 7 nitrogen and oxygen atoms in total. The van der Waals surface area contributed by atoms with Gasteiger partial charge in [0.1, 0.15) is 4.99 Å². The van der Waals surface area contributed by atoms with E-state index < -0.39 is 22.6 Å².